The number of methoxy groups -OCH3 is 2. The van der Waals surface area contributed by atoms with Crippen molar-refractivity contribution in [2.45, 2.75) is 230 Å². The van der Waals surface area contributed by atoms with Gasteiger partial charge in [0.05, 0.1) is 117 Å². The number of rotatable bonds is 12. The van der Waals surface area contributed by atoms with E-state index in [1.54, 1.807) is 123 Å². The van der Waals surface area contributed by atoms with Crippen molar-refractivity contribution in [3.63, 3.8) is 0 Å². The van der Waals surface area contributed by atoms with Crippen LogP contribution in [0, 0.1) is 61.2 Å². The Balaban J connectivity index is 0.000000242. The number of phenolic OH excluding ortho intramolecular Hbond substituents is 2. The molecule has 134 heavy (non-hydrogen) atoms. The number of amides is 2. The standard InChI is InChI=1S/C52H65N3O13.C50H63N3O13/c1-25(2)55(11)21-18-33(19-22-55)66-34-16-17-35-37(24-34)67-49-41(53-35)38-39-45(59)31(8)48-40(38)50(61)52(10,68-48)64-23-20-36(63-12)28(5)47(65-32(9)56)30(7)44(58)29(6)43(57)26(3)14-13-15-27(4)51(62)54-42(49)46(39)60;1-24(2)53(11,12)20-22-62-32-17-18-33-35(23-32)65-47-39(51-33)36-37-43(57)30(8)46-38(36)48(59)50(10,66-46)63-21-19-34(61-13)27(5)45(64-31(9)54)29(7)42(56)28(6)41(55)25(3)15-14-16-26(4)49(60)52-40(47)44(37)58/h13-17,20,23-26,28-30,33,36,43-44,47,57-58H,18-19,21-22H2,1-12H3,(H-,53,54,59,60,61,62);14-19,21,23-25,27-29,34,41-42,45,55-56H,20,22H2,1-13H3,(H-,51,52,57,58,59,60)/p+2/b14-13+,23-20+,27-15-;15-14+,21-19+,26-16-/t26-,28+,29+,30+,33?,36-,43-,44+,47+,52-,55?;25-,27+,28+,29+,34-,41-,42+,45+,50-/m00/s1. The Bertz CT molecular complexity index is 6230. The fraction of sp³-hybridized carbons (Fsp3) is 0.510. The molecule has 722 valence electrons. The number of phenols is 2. The van der Waals surface area contributed by atoms with Gasteiger partial charge in [-0.2, -0.15) is 0 Å². The van der Waals surface area contributed by atoms with E-state index in [-0.39, 0.29) is 117 Å². The molecule has 6 aromatic carbocycles. The third-order valence-electron chi connectivity index (χ3n) is 28.4. The number of piperidine rings is 1. The lowest BCUT2D eigenvalue weighted by Crippen LogP contribution is -2.55. The number of aliphatic hydroxyl groups is 4. The number of ether oxygens (including phenoxy) is 10. The molecule has 1 saturated heterocycles. The van der Waals surface area contributed by atoms with Crippen LogP contribution >= 0.6 is 0 Å². The Morgan fingerprint density at radius 2 is 0.955 bits per heavy atom. The zero-order valence-electron chi connectivity index (χ0n) is 81.1. The van der Waals surface area contributed by atoms with Crippen LogP contribution in [0.15, 0.2) is 127 Å². The lowest BCUT2D eigenvalue weighted by Gasteiger charge is -2.43. The summed E-state index contributed by atoms with van der Waals surface area (Å²) in [5.74, 6) is -13.5. The maximum atomic E-state index is 14.8. The number of hydrogen-bond donors (Lipinski definition) is 8. The smallest absolute Gasteiger partial charge is 0.312 e. The van der Waals surface area contributed by atoms with Crippen molar-refractivity contribution in [2.24, 2.45) is 47.3 Å². The summed E-state index contributed by atoms with van der Waals surface area (Å²) in [6, 6.07) is 11.1. The van der Waals surface area contributed by atoms with Crippen LogP contribution < -0.4 is 40.4 Å². The van der Waals surface area contributed by atoms with E-state index in [9.17, 15) is 69.0 Å². The molecule has 5 aliphatic heterocycles. The lowest BCUT2D eigenvalue weighted by atomic mass is 9.78. The lowest BCUT2D eigenvalue weighted by molar-refractivity contribution is -0.934. The number of hydrogen-bond acceptors (Lipinski definition) is 28. The van der Waals surface area contributed by atoms with Crippen LogP contribution in [0.25, 0.3) is 65.9 Å². The Kier molecular flexibility index (Phi) is 30.3. The van der Waals surface area contributed by atoms with E-state index < -0.39 is 165 Å². The minimum absolute atomic E-state index is 0.00347. The summed E-state index contributed by atoms with van der Waals surface area (Å²) < 4.78 is 75.2. The van der Waals surface area contributed by atoms with Gasteiger partial charge in [-0.05, 0) is 91.8 Å². The van der Waals surface area contributed by atoms with E-state index >= 15 is 0 Å². The van der Waals surface area contributed by atoms with Gasteiger partial charge in [-0.15, -0.1) is 0 Å². The second kappa shape index (κ2) is 40.1. The largest absolute Gasteiger partial charge is 0.505 e. The molecular weight excluding hydrogens is 1730 g/mol. The molecule has 18 atom stereocenters. The van der Waals surface area contributed by atoms with Crippen molar-refractivity contribution in [2.75, 3.05) is 72.2 Å². The molecule has 32 heteroatoms. The van der Waals surface area contributed by atoms with Crippen molar-refractivity contribution in [1.82, 2.24) is 9.97 Å². The summed E-state index contributed by atoms with van der Waals surface area (Å²) >= 11 is 0. The number of aliphatic hydroxyl groups excluding tert-OH is 4. The SMILES string of the molecule is CO[C@H]1/C=C/O[C@@]2(C)Oc3c(C)c(=O)c4c(O)c(c5oc6cc(OC7CC[N+](C)(C(C)C)CC7)ccc6nc5c4c3C2=O)NC(=O)/C(C)=C\C=C\[C@H](C)[C@H](O)[C@@H](C)[C@@H](O)[C@@H](C)[C@H](OC(C)=O)[C@@H]1C.CO[C@H]1/C=C/O[C@@]2(C)Oc3c(C)c(=O)c4c(O)c(c5oc6cc(OCC[N+](C)(C)C(C)C)ccc6nc5c4c3C2=O)NC(=O)/C(C)=C\C=C\[C@H](C)[C@H](O)[C@@H](C)[C@@H](O)[C@@H](C)[C@H](OC(C)=O)[C@@H]1C. The highest BCUT2D eigenvalue weighted by Gasteiger charge is 2.53. The van der Waals surface area contributed by atoms with Gasteiger partial charge < -0.3 is 106 Å². The third-order valence-corrected chi connectivity index (χ3v) is 28.4. The van der Waals surface area contributed by atoms with E-state index in [2.05, 4.69) is 59.5 Å². The molecule has 8 N–H and O–H groups in total. The number of anilines is 2. The molecule has 0 radical (unpaired) electrons. The number of aromatic nitrogens is 2. The molecule has 8 aromatic rings. The summed E-state index contributed by atoms with van der Waals surface area (Å²) in [4.78, 5) is 121. The monoisotopic (exact) mass is 1850 g/mol. The molecule has 32 nitrogen and oxygen atoms in total. The van der Waals surface area contributed by atoms with Gasteiger partial charge in [0.1, 0.15) is 87.9 Å². The number of Topliss-reactive ketones (excluding diaryl/α,β-unsaturated/α-hetero) is 2. The Morgan fingerprint density at radius 3 is 1.34 bits per heavy atom. The highest BCUT2D eigenvalue weighted by atomic mass is 16.7. The molecule has 1 fully saturated rings. The first-order valence-corrected chi connectivity index (χ1v) is 45.7. The highest BCUT2D eigenvalue weighted by Crippen LogP contribution is 2.52. The van der Waals surface area contributed by atoms with Crippen LogP contribution in [-0.2, 0) is 47.6 Å². The Hall–Kier alpha value is -11.6. The first-order valence-electron chi connectivity index (χ1n) is 45.7. The Labute approximate surface area is 778 Å². The summed E-state index contributed by atoms with van der Waals surface area (Å²) in [6.45, 7) is 37.0. The van der Waals surface area contributed by atoms with Crippen molar-refractivity contribution >= 4 is 113 Å². The summed E-state index contributed by atoms with van der Waals surface area (Å²) in [7, 11) is 9.39. The number of carbonyl (C=O) groups is 6. The van der Waals surface area contributed by atoms with Crippen LogP contribution in [-0.4, -0.2) is 225 Å². The number of allylic oxidation sites excluding steroid dienone is 4. The number of carbonyl (C=O) groups excluding carboxylic acids is 6. The van der Waals surface area contributed by atoms with Gasteiger partial charge in [-0.25, -0.2) is 9.97 Å². The Morgan fingerprint density at radius 1 is 0.560 bits per heavy atom. The average Bonchev–Trinajstić information content (AvgIpc) is 1.47. The number of quaternary nitrogens is 2. The number of likely N-dealkylation sites (tertiary alicyclic amines) is 1. The van der Waals surface area contributed by atoms with Gasteiger partial charge in [-0.3, -0.25) is 38.4 Å². The number of nitrogens with zero attached hydrogens (tertiary/aromatic N) is 4. The van der Waals surface area contributed by atoms with Gasteiger partial charge in [0.2, 0.25) is 0 Å². The van der Waals surface area contributed by atoms with Crippen molar-refractivity contribution < 1.29 is 125 Å². The molecule has 8 bridgehead atoms. The zero-order valence-corrected chi connectivity index (χ0v) is 81.1. The van der Waals surface area contributed by atoms with Crippen molar-refractivity contribution in [3.05, 3.63) is 151 Å². The molecule has 5 aliphatic rings. The summed E-state index contributed by atoms with van der Waals surface area (Å²) in [5, 5.41) is 75.2. The van der Waals surface area contributed by atoms with E-state index in [1.807, 2.05) is 0 Å². The summed E-state index contributed by atoms with van der Waals surface area (Å²) in [6.07, 6.45) is 8.96. The first kappa shape index (κ1) is 101. The number of nitrogens with one attached hydrogen (secondary N) is 2. The van der Waals surface area contributed by atoms with Crippen LogP contribution in [0.3, 0.4) is 0 Å². The zero-order chi connectivity index (χ0) is 98.5. The number of ketones is 2. The van der Waals surface area contributed by atoms with Gasteiger partial charge in [0, 0.05) is 147 Å². The van der Waals surface area contributed by atoms with Crippen molar-refractivity contribution in [1.29, 1.82) is 0 Å². The van der Waals surface area contributed by atoms with Crippen LogP contribution in [0.4, 0.5) is 11.4 Å². The highest BCUT2D eigenvalue weighted by molar-refractivity contribution is 6.28. The molecule has 2 aromatic heterocycles. The third kappa shape index (κ3) is 19.9. The fourth-order valence-corrected chi connectivity index (χ4v) is 18.4. The number of likely N-dealkylation sites (N-methyl/N-ethyl adjacent to an activating group) is 1. The fourth-order valence-electron chi connectivity index (χ4n) is 18.4. The van der Waals surface area contributed by atoms with Gasteiger partial charge in [0.25, 0.3) is 23.4 Å². The van der Waals surface area contributed by atoms with Crippen molar-refractivity contribution in [3.8, 4) is 34.5 Å². The molecular formula is C102H130N6O26+2. The number of fused-ring (bicyclic) bond motifs is 4. The second-order valence-corrected chi connectivity index (χ2v) is 38.5. The van der Waals surface area contributed by atoms with Crippen LogP contribution in [0.5, 0.6) is 34.5 Å². The van der Waals surface area contributed by atoms with Gasteiger partial charge in [0.15, 0.2) is 44.7 Å². The molecule has 2 amide bonds. The predicted molar refractivity (Wildman–Crippen MR) is 506 cm³/mol. The van der Waals surface area contributed by atoms with Crippen LogP contribution in [0.2, 0.25) is 0 Å². The van der Waals surface area contributed by atoms with Gasteiger partial charge in [-0.1, -0.05) is 91.8 Å². The number of aromatic hydroxyl groups is 2. The van der Waals surface area contributed by atoms with E-state index in [1.165, 1.54) is 99.5 Å². The summed E-state index contributed by atoms with van der Waals surface area (Å²) in [5.41, 5.74) is -0.899. The molecule has 13 rings (SSSR count). The van der Waals surface area contributed by atoms with E-state index in [4.69, 9.17) is 66.2 Å². The first-order chi connectivity index (χ1) is 62.9. The van der Waals surface area contributed by atoms with E-state index in [0.717, 1.165) is 41.4 Å². The minimum Gasteiger partial charge on any atom is -0.505 e. The molecule has 7 heterocycles. The quantitative estimate of drug-likeness (QED) is 0.0185. The number of esters is 2. The molecule has 0 saturated carbocycles. The maximum Gasteiger partial charge on any atom is 0.312 e. The van der Waals surface area contributed by atoms with Crippen LogP contribution in [0.1, 0.15) is 169 Å². The average molecular weight is 1860 g/mol. The van der Waals surface area contributed by atoms with E-state index in [0.29, 0.717) is 41.2 Å². The second-order valence-electron chi connectivity index (χ2n) is 38.5. The molecule has 0 unspecified atom stereocenters. The topological polar surface area (TPSA) is 426 Å². The molecule has 0 aliphatic carbocycles. The molecule has 0 spiro atoms. The number of benzene rings is 6. The minimum atomic E-state index is -2.05. The maximum absolute atomic E-state index is 14.8. The van der Waals surface area contributed by atoms with Gasteiger partial charge >= 0.3 is 23.5 Å². The normalized spacial score (nSPS) is 30.5. The predicted octanol–water partition coefficient (Wildman–Crippen LogP) is 14.3.